The molecule has 2 aromatic carbocycles. The molecule has 0 saturated carbocycles. The van der Waals surface area contributed by atoms with Gasteiger partial charge in [0.2, 0.25) is 11.6 Å². The maximum absolute atomic E-state index is 12.7. The number of aryl methyl sites for hydroxylation is 4. The van der Waals surface area contributed by atoms with Crippen molar-refractivity contribution in [3.05, 3.63) is 112 Å². The largest absolute Gasteiger partial charge is 0.398 e. The van der Waals surface area contributed by atoms with Crippen molar-refractivity contribution in [3.63, 3.8) is 0 Å². The van der Waals surface area contributed by atoms with Crippen LogP contribution in [0.15, 0.2) is 51.7 Å². The van der Waals surface area contributed by atoms with Gasteiger partial charge in [-0.1, -0.05) is 34.8 Å². The van der Waals surface area contributed by atoms with Crippen LogP contribution >= 0.6 is 66.7 Å². The normalized spacial score (nSPS) is 13.7. The Balaban J connectivity index is 0.000000158. The van der Waals surface area contributed by atoms with Gasteiger partial charge in [0.1, 0.15) is 11.4 Å². The number of fused-ring (bicyclic) bond motifs is 4. The van der Waals surface area contributed by atoms with E-state index in [1.165, 1.54) is 0 Å². The van der Waals surface area contributed by atoms with E-state index in [9.17, 15) is 9.59 Å². The van der Waals surface area contributed by atoms with Gasteiger partial charge in [-0.15, -0.1) is 0 Å². The third-order valence-corrected chi connectivity index (χ3v) is 8.55. The van der Waals surface area contributed by atoms with Gasteiger partial charge in [-0.3, -0.25) is 19.6 Å². The fraction of sp³-hybridized carbons (Fsp3) is 0.143. The number of aromatic nitrogens is 2. The molecule has 0 amide bonds. The van der Waals surface area contributed by atoms with Crippen LogP contribution in [0.3, 0.4) is 0 Å². The zero-order valence-electron chi connectivity index (χ0n) is 20.1. The summed E-state index contributed by atoms with van der Waals surface area (Å²) in [5.41, 5.74) is 17.8. The van der Waals surface area contributed by atoms with Gasteiger partial charge < -0.3 is 11.5 Å². The summed E-state index contributed by atoms with van der Waals surface area (Å²) in [7, 11) is 0. The van der Waals surface area contributed by atoms with Gasteiger partial charge in [0, 0.05) is 32.5 Å². The third-order valence-electron chi connectivity index (χ3n) is 6.65. The van der Waals surface area contributed by atoms with E-state index in [0.717, 1.165) is 44.0 Å². The van der Waals surface area contributed by atoms with E-state index in [1.54, 1.807) is 30.6 Å². The summed E-state index contributed by atoms with van der Waals surface area (Å²) in [5.74, 6) is -0.285. The summed E-state index contributed by atoms with van der Waals surface area (Å²) in [6.07, 6.45) is 6.14. The van der Waals surface area contributed by atoms with Crippen molar-refractivity contribution in [1.82, 2.24) is 9.97 Å². The minimum Gasteiger partial charge on any atom is -0.398 e. The molecule has 0 unspecified atom stereocenters. The molecule has 4 N–H and O–H groups in total. The molecule has 2 aliphatic carbocycles. The second-order valence-corrected chi connectivity index (χ2v) is 12.2. The molecular weight excluding hydrogens is 691 g/mol. The number of ketones is 2. The first-order valence-electron chi connectivity index (χ1n) is 11.8. The minimum atomic E-state index is -0.201. The Hall–Kier alpha value is -2.49. The molecule has 39 heavy (non-hydrogen) atoms. The van der Waals surface area contributed by atoms with Gasteiger partial charge in [-0.05, 0) is 110 Å². The van der Waals surface area contributed by atoms with E-state index < -0.39 is 0 Å². The van der Waals surface area contributed by atoms with Crippen LogP contribution in [-0.4, -0.2) is 21.5 Å². The number of carbonyl (C=O) groups is 2. The Bertz CT molecular complexity index is 1690. The highest BCUT2D eigenvalue weighted by Crippen LogP contribution is 2.37. The Labute approximate surface area is 256 Å². The molecule has 0 atom stereocenters. The van der Waals surface area contributed by atoms with E-state index in [1.807, 2.05) is 12.1 Å². The molecule has 2 heterocycles. The van der Waals surface area contributed by atoms with Gasteiger partial charge in [-0.25, -0.2) is 0 Å². The number of halogens is 5. The fourth-order valence-electron chi connectivity index (χ4n) is 4.71. The van der Waals surface area contributed by atoms with E-state index in [-0.39, 0.29) is 22.3 Å². The number of rotatable bonds is 0. The molecule has 198 valence electrons. The first-order valence-corrected chi connectivity index (χ1v) is 14.5. The molecule has 2 aromatic heterocycles. The van der Waals surface area contributed by atoms with Gasteiger partial charge in [0.05, 0.1) is 26.4 Å². The maximum atomic E-state index is 12.7. The van der Waals surface area contributed by atoms with Crippen LogP contribution in [0.2, 0.25) is 15.1 Å². The number of nitrogen functional groups attached to an aromatic ring is 2. The first-order chi connectivity index (χ1) is 18.5. The number of pyridine rings is 2. The van der Waals surface area contributed by atoms with Gasteiger partial charge >= 0.3 is 0 Å². The summed E-state index contributed by atoms with van der Waals surface area (Å²) in [5, 5.41) is 1.09. The second kappa shape index (κ2) is 11.2. The Morgan fingerprint density at radius 3 is 1.79 bits per heavy atom. The third kappa shape index (κ3) is 5.45. The van der Waals surface area contributed by atoms with Crippen molar-refractivity contribution in [3.8, 4) is 0 Å². The molecule has 0 aliphatic heterocycles. The maximum Gasteiger partial charge on any atom is 0.213 e. The van der Waals surface area contributed by atoms with Crippen molar-refractivity contribution in [2.24, 2.45) is 0 Å². The lowest BCUT2D eigenvalue weighted by atomic mass is 10.0. The number of nitrogens with zero attached hydrogens (tertiary/aromatic N) is 2. The highest BCUT2D eigenvalue weighted by atomic mass is 79.9. The van der Waals surface area contributed by atoms with Gasteiger partial charge in [0.25, 0.3) is 0 Å². The molecule has 0 spiro atoms. The van der Waals surface area contributed by atoms with E-state index >= 15 is 0 Å². The molecule has 2 aliphatic rings. The fourth-order valence-corrected chi connectivity index (χ4v) is 6.24. The van der Waals surface area contributed by atoms with Crippen LogP contribution < -0.4 is 11.5 Å². The zero-order chi connectivity index (χ0) is 28.0. The molecule has 4 aromatic rings. The molecular formula is C28H19Br2Cl3N4O2. The number of carbonyl (C=O) groups excluding carboxylic acids is 2. The lowest BCUT2D eigenvalue weighted by Crippen LogP contribution is -2.09. The molecule has 0 fully saturated rings. The van der Waals surface area contributed by atoms with E-state index in [2.05, 4.69) is 41.8 Å². The summed E-state index contributed by atoms with van der Waals surface area (Å²) in [4.78, 5) is 33.7. The smallest absolute Gasteiger partial charge is 0.213 e. The summed E-state index contributed by atoms with van der Waals surface area (Å²) < 4.78 is 1.72. The van der Waals surface area contributed by atoms with Gasteiger partial charge in [0.15, 0.2) is 0 Å². The van der Waals surface area contributed by atoms with Crippen LogP contribution in [0.4, 0.5) is 11.4 Å². The van der Waals surface area contributed by atoms with Crippen molar-refractivity contribution in [2.75, 3.05) is 11.5 Å². The monoisotopic (exact) mass is 706 g/mol. The minimum absolute atomic E-state index is 0.0848. The average molecular weight is 710 g/mol. The predicted octanol–water partition coefficient (Wildman–Crippen LogP) is 7.47. The number of anilines is 2. The molecule has 0 saturated heterocycles. The van der Waals surface area contributed by atoms with Crippen LogP contribution in [-0.2, 0) is 25.7 Å². The van der Waals surface area contributed by atoms with Crippen molar-refractivity contribution in [1.29, 1.82) is 0 Å². The molecule has 6 nitrogen and oxygen atoms in total. The second-order valence-electron chi connectivity index (χ2n) is 9.13. The highest BCUT2D eigenvalue weighted by molar-refractivity contribution is 9.10. The average Bonchev–Trinajstić information content (AvgIpc) is 3.11. The standard InChI is InChI=1S/C14H9BrCl2N2O.C14H10BrClN2O/c15-8-3-7-2-1-6-4-9(16)12(18)11(17)10(6)14(20)13(7)19-5-8;15-9-3-8-2-1-7-4-11(16)12(17)5-10(7)14(19)13(8)18-6-9/h3-5H,1-2,18H2;3-6H,1-2,17H2. The Morgan fingerprint density at radius 2 is 1.18 bits per heavy atom. The van der Waals surface area contributed by atoms with E-state index in [0.29, 0.717) is 51.1 Å². The van der Waals surface area contributed by atoms with Crippen molar-refractivity contribution in [2.45, 2.75) is 25.7 Å². The molecule has 0 radical (unpaired) electrons. The van der Waals surface area contributed by atoms with Crippen LogP contribution in [0, 0.1) is 0 Å². The molecule has 0 bridgehead atoms. The van der Waals surface area contributed by atoms with Crippen molar-refractivity contribution >= 4 is 89.6 Å². The summed E-state index contributed by atoms with van der Waals surface area (Å²) in [6.45, 7) is 0. The molecule has 6 rings (SSSR count). The number of nitrogens with two attached hydrogens (primary N) is 2. The SMILES string of the molecule is Nc1c(Cl)cc2c(c1Cl)C(=O)c1ncc(Br)cc1CC2.Nc1cc2c(cc1Cl)CCc1cc(Br)cnc1C2=O. The molecule has 11 heteroatoms. The number of hydrogen-bond donors (Lipinski definition) is 2. The number of benzene rings is 2. The Morgan fingerprint density at radius 1 is 0.667 bits per heavy atom. The van der Waals surface area contributed by atoms with Crippen LogP contribution in [0.25, 0.3) is 0 Å². The first kappa shape index (κ1) is 28.1. The predicted molar refractivity (Wildman–Crippen MR) is 162 cm³/mol. The quantitative estimate of drug-likeness (QED) is 0.183. The van der Waals surface area contributed by atoms with Gasteiger partial charge in [-0.2, -0.15) is 0 Å². The highest BCUT2D eigenvalue weighted by Gasteiger charge is 2.27. The lowest BCUT2D eigenvalue weighted by Gasteiger charge is -2.11. The summed E-state index contributed by atoms with van der Waals surface area (Å²) in [6, 6.07) is 9.00. The summed E-state index contributed by atoms with van der Waals surface area (Å²) >= 11 is 25.0. The number of hydrogen-bond acceptors (Lipinski definition) is 6. The van der Waals surface area contributed by atoms with Crippen LogP contribution in [0.1, 0.15) is 54.4 Å². The zero-order valence-corrected chi connectivity index (χ0v) is 25.6. The van der Waals surface area contributed by atoms with E-state index in [4.69, 9.17) is 46.3 Å². The Kier molecular flexibility index (Phi) is 8.04. The van der Waals surface area contributed by atoms with Crippen molar-refractivity contribution < 1.29 is 9.59 Å². The topological polar surface area (TPSA) is 112 Å². The van der Waals surface area contributed by atoms with Crippen LogP contribution in [0.5, 0.6) is 0 Å². The lowest BCUT2D eigenvalue weighted by molar-refractivity contribution is 0.102.